The van der Waals surface area contributed by atoms with Crippen molar-refractivity contribution in [2.45, 2.75) is 157 Å². The maximum absolute atomic E-state index is 14.4. The molecule has 0 aromatic carbocycles. The number of hydrogen-bond donors (Lipinski definition) is 3. The number of amides is 2. The maximum Gasteiger partial charge on any atom is 0.408 e. The lowest BCUT2D eigenvalue weighted by atomic mass is 9.32. The Bertz CT molecular complexity index is 1350. The van der Waals surface area contributed by atoms with Crippen LogP contribution in [-0.4, -0.2) is 47.0 Å². The smallest absolute Gasteiger partial charge is 0.408 e. The van der Waals surface area contributed by atoms with Gasteiger partial charge in [0.15, 0.2) is 0 Å². The first kappa shape index (κ1) is 37.9. The Morgan fingerprint density at radius 2 is 1.61 bits per heavy atom. The van der Waals surface area contributed by atoms with E-state index < -0.39 is 29.1 Å². The number of unbranched alkanes of at least 4 members (excludes halogenated alkanes) is 1. The van der Waals surface area contributed by atoms with E-state index in [9.17, 15) is 24.3 Å². The summed E-state index contributed by atoms with van der Waals surface area (Å²) >= 11 is 0. The van der Waals surface area contributed by atoms with Crippen LogP contribution >= 0.6 is 0 Å². The molecular formula is C41H66N2O6. The summed E-state index contributed by atoms with van der Waals surface area (Å²) in [7, 11) is 0. The molecule has 5 aliphatic carbocycles. The van der Waals surface area contributed by atoms with E-state index in [0.717, 1.165) is 51.4 Å². The van der Waals surface area contributed by atoms with Gasteiger partial charge in [0.2, 0.25) is 5.91 Å². The zero-order valence-electron chi connectivity index (χ0n) is 32.1. The normalized spacial score (nSPS) is 40.1. The molecule has 0 aromatic heterocycles. The average molecular weight is 683 g/mol. The Kier molecular flexibility index (Phi) is 10.0. The molecule has 0 saturated heterocycles. The fourth-order valence-corrected chi connectivity index (χ4v) is 12.9. The minimum atomic E-state index is -1.09. The lowest BCUT2D eigenvalue weighted by Crippen LogP contribution is -2.67. The van der Waals surface area contributed by atoms with Crippen molar-refractivity contribution in [3.8, 4) is 0 Å². The van der Waals surface area contributed by atoms with Gasteiger partial charge < -0.3 is 20.5 Å². The van der Waals surface area contributed by atoms with E-state index in [1.807, 2.05) is 0 Å². The second-order valence-electron chi connectivity index (χ2n) is 19.3. The number of alkyl carbamates (subject to hydrolysis) is 1. The number of rotatable bonds is 9. The molecular weight excluding hydrogens is 616 g/mol. The van der Waals surface area contributed by atoms with Crippen molar-refractivity contribution < 1.29 is 29.0 Å². The summed E-state index contributed by atoms with van der Waals surface area (Å²) in [6, 6.07) is -1.04. The summed E-state index contributed by atoms with van der Waals surface area (Å²) in [5, 5.41) is 15.5. The third-order valence-corrected chi connectivity index (χ3v) is 15.5. The summed E-state index contributed by atoms with van der Waals surface area (Å²) in [4.78, 5) is 51.5. The largest absolute Gasteiger partial charge is 0.480 e. The SMILES string of the molecule is C=C(C)[C@@H]1CCC2(C(=O)NCCCCC(NC(=O)OC(C)(C)C)C(=O)O)CC[C@]3(C)[C@H](CCC4[C@@]5(C)CCC(=O)C(C)(C)[C@@H]5CC[C@]43C)[C@@H]12. The van der Waals surface area contributed by atoms with E-state index >= 15 is 0 Å². The molecule has 5 fully saturated rings. The van der Waals surface area contributed by atoms with Crippen LogP contribution in [0.5, 0.6) is 0 Å². The van der Waals surface area contributed by atoms with Crippen molar-refractivity contribution >= 4 is 23.8 Å². The molecule has 0 spiro atoms. The van der Waals surface area contributed by atoms with Gasteiger partial charge in [0, 0.05) is 18.4 Å². The number of hydrogen-bond acceptors (Lipinski definition) is 5. The molecule has 0 bridgehead atoms. The summed E-state index contributed by atoms with van der Waals surface area (Å²) < 4.78 is 5.24. The zero-order valence-corrected chi connectivity index (χ0v) is 32.1. The van der Waals surface area contributed by atoms with Gasteiger partial charge in [-0.25, -0.2) is 9.59 Å². The van der Waals surface area contributed by atoms with Gasteiger partial charge in [-0.05, 0) is 151 Å². The highest BCUT2D eigenvalue weighted by molar-refractivity contribution is 5.85. The monoisotopic (exact) mass is 682 g/mol. The number of carbonyl (C=O) groups excluding carboxylic acids is 3. The van der Waals surface area contributed by atoms with Crippen LogP contribution in [0.2, 0.25) is 0 Å². The quantitative estimate of drug-likeness (QED) is 0.166. The molecule has 0 radical (unpaired) electrons. The molecule has 8 nitrogen and oxygen atoms in total. The van der Waals surface area contributed by atoms with Gasteiger partial charge in [-0.1, -0.05) is 46.8 Å². The van der Waals surface area contributed by atoms with Crippen LogP contribution < -0.4 is 10.6 Å². The number of aliphatic carboxylic acids is 1. The number of carbonyl (C=O) groups is 4. The van der Waals surface area contributed by atoms with Crippen LogP contribution in [0.4, 0.5) is 4.79 Å². The number of nitrogens with one attached hydrogen (secondary N) is 2. The Balaban J connectivity index is 1.29. The summed E-state index contributed by atoms with van der Waals surface area (Å²) in [5.74, 6) is 1.59. The maximum atomic E-state index is 14.4. The molecule has 3 unspecified atom stereocenters. The second kappa shape index (κ2) is 13.0. The highest BCUT2D eigenvalue weighted by Crippen LogP contribution is 2.77. The molecule has 49 heavy (non-hydrogen) atoms. The fourth-order valence-electron chi connectivity index (χ4n) is 12.9. The van der Waals surface area contributed by atoms with Crippen molar-refractivity contribution in [1.29, 1.82) is 0 Å². The van der Waals surface area contributed by atoms with E-state index in [-0.39, 0.29) is 39.9 Å². The molecule has 10 atom stereocenters. The van der Waals surface area contributed by atoms with Gasteiger partial charge in [-0.15, -0.1) is 0 Å². The van der Waals surface area contributed by atoms with Crippen molar-refractivity contribution in [3.63, 3.8) is 0 Å². The molecule has 0 aliphatic heterocycles. The second-order valence-corrected chi connectivity index (χ2v) is 19.3. The number of carboxylic acid groups (broad SMARTS) is 1. The van der Waals surface area contributed by atoms with Crippen LogP contribution in [0.3, 0.4) is 0 Å². The topological polar surface area (TPSA) is 122 Å². The number of ketones is 1. The van der Waals surface area contributed by atoms with Crippen LogP contribution in [0.25, 0.3) is 0 Å². The lowest BCUT2D eigenvalue weighted by Gasteiger charge is -2.72. The summed E-state index contributed by atoms with van der Waals surface area (Å²) in [6.07, 6.45) is 10.9. The Morgan fingerprint density at radius 1 is 0.918 bits per heavy atom. The lowest BCUT2D eigenvalue weighted by molar-refractivity contribution is -0.233. The fraction of sp³-hybridized carbons (Fsp3) is 0.854. The van der Waals surface area contributed by atoms with Crippen molar-refractivity contribution in [2.75, 3.05) is 6.54 Å². The van der Waals surface area contributed by atoms with Crippen LogP contribution in [-0.2, 0) is 19.1 Å². The van der Waals surface area contributed by atoms with Crippen molar-refractivity contribution in [3.05, 3.63) is 12.2 Å². The van der Waals surface area contributed by atoms with E-state index in [4.69, 9.17) is 4.74 Å². The predicted molar refractivity (Wildman–Crippen MR) is 192 cm³/mol. The van der Waals surface area contributed by atoms with Gasteiger partial charge in [0.1, 0.15) is 17.4 Å². The molecule has 0 heterocycles. The standard InChI is InChI=1S/C41H66N2O6/c1-25(2)26-16-21-41(34(47)42-24-12-11-13-28(33(45)46)43-35(48)49-36(3,4)5)23-22-39(9)27(32(26)41)14-15-30-38(8)19-18-31(44)37(6,7)29(38)17-20-40(30,39)10/h26-30,32H,1,11-24H2,2-10H3,(H,42,47)(H,43,48)(H,45,46)/t26-,27+,28?,29-,30?,32+,38-,39+,40+,41?/m0/s1. The van der Waals surface area contributed by atoms with Crippen LogP contribution in [0.15, 0.2) is 12.2 Å². The third kappa shape index (κ3) is 6.27. The Labute approximate surface area is 295 Å². The number of carboxylic acids is 1. The molecule has 2 amide bonds. The Morgan fingerprint density at radius 3 is 2.24 bits per heavy atom. The molecule has 3 N–H and O–H groups in total. The van der Waals surface area contributed by atoms with E-state index in [1.54, 1.807) is 20.8 Å². The minimum absolute atomic E-state index is 0.120. The summed E-state index contributed by atoms with van der Waals surface area (Å²) in [6.45, 7) is 24.4. The zero-order chi connectivity index (χ0) is 36.4. The highest BCUT2D eigenvalue weighted by atomic mass is 16.6. The molecule has 5 rings (SSSR count). The number of Topliss-reactive ketones (excluding diaryl/α,β-unsaturated/α-hetero) is 1. The highest BCUT2D eigenvalue weighted by Gasteiger charge is 2.71. The summed E-state index contributed by atoms with van der Waals surface area (Å²) in [5.41, 5.74) is 0.278. The Hall–Kier alpha value is -2.38. The van der Waals surface area contributed by atoms with E-state index in [2.05, 4.69) is 58.8 Å². The first-order valence-corrected chi connectivity index (χ1v) is 19.3. The van der Waals surface area contributed by atoms with E-state index in [0.29, 0.717) is 55.3 Å². The molecule has 8 heteroatoms. The van der Waals surface area contributed by atoms with Gasteiger partial charge in [-0.2, -0.15) is 0 Å². The van der Waals surface area contributed by atoms with E-state index in [1.165, 1.54) is 12.0 Å². The first-order chi connectivity index (χ1) is 22.6. The minimum Gasteiger partial charge on any atom is -0.480 e. The van der Waals surface area contributed by atoms with Crippen LogP contribution in [0, 0.1) is 56.7 Å². The molecule has 5 saturated carbocycles. The molecule has 276 valence electrons. The number of ether oxygens (including phenoxy) is 1. The molecule has 0 aromatic rings. The van der Waals surface area contributed by atoms with Crippen LogP contribution in [0.1, 0.15) is 146 Å². The molecule has 5 aliphatic rings. The predicted octanol–water partition coefficient (Wildman–Crippen LogP) is 8.48. The van der Waals surface area contributed by atoms with Gasteiger partial charge in [-0.3, -0.25) is 9.59 Å². The number of allylic oxidation sites excluding steroid dienone is 1. The van der Waals surface area contributed by atoms with Gasteiger partial charge >= 0.3 is 12.1 Å². The van der Waals surface area contributed by atoms with Gasteiger partial charge in [0.05, 0.1) is 5.41 Å². The first-order valence-electron chi connectivity index (χ1n) is 19.3. The third-order valence-electron chi connectivity index (χ3n) is 15.5. The van der Waals surface area contributed by atoms with Crippen molar-refractivity contribution in [1.82, 2.24) is 10.6 Å². The van der Waals surface area contributed by atoms with Gasteiger partial charge in [0.25, 0.3) is 0 Å². The average Bonchev–Trinajstić information content (AvgIpc) is 3.39. The van der Waals surface area contributed by atoms with Crippen molar-refractivity contribution in [2.24, 2.45) is 56.7 Å². The number of fused-ring (bicyclic) bond motifs is 7.